The number of fused-ring (bicyclic) bond motifs is 6. The Balaban J connectivity index is 0.000000128. The van der Waals surface area contributed by atoms with Gasteiger partial charge in [0.05, 0.1) is 17.2 Å². The van der Waals surface area contributed by atoms with E-state index in [1.807, 2.05) is 141 Å². The molecule has 0 aliphatic carbocycles. The van der Waals surface area contributed by atoms with Crippen LogP contribution < -0.4 is 67.1 Å². The third-order valence-electron chi connectivity index (χ3n) is 20.0. The summed E-state index contributed by atoms with van der Waals surface area (Å²) < 4.78 is 124. The van der Waals surface area contributed by atoms with Crippen LogP contribution in [0.15, 0.2) is 243 Å². The van der Waals surface area contributed by atoms with Crippen molar-refractivity contribution in [3.05, 3.63) is 346 Å². The Morgan fingerprint density at radius 3 is 0.855 bits per heavy atom. The second kappa shape index (κ2) is 42.2. The van der Waals surface area contributed by atoms with Crippen LogP contribution in [-0.2, 0) is 0 Å². The fourth-order valence-corrected chi connectivity index (χ4v) is 15.8. The predicted molar refractivity (Wildman–Crippen MR) is 493 cm³/mol. The van der Waals surface area contributed by atoms with Gasteiger partial charge in [0.15, 0.2) is 0 Å². The number of ether oxygens (including phenoxy) is 7. The molecule has 6 aliphatic rings. The molecule has 636 valence electrons. The molecule has 26 heteroatoms. The number of para-hydroxylation sites is 1. The second-order valence-corrected chi connectivity index (χ2v) is 31.3. The van der Waals surface area contributed by atoms with E-state index >= 15 is 0 Å². The van der Waals surface area contributed by atoms with E-state index in [9.17, 15) is 26.3 Å². The number of hydrogen-bond acceptors (Lipinski definition) is 13. The van der Waals surface area contributed by atoms with Crippen molar-refractivity contribution >= 4 is 118 Å². The lowest BCUT2D eigenvalue weighted by Gasteiger charge is -2.24. The van der Waals surface area contributed by atoms with E-state index in [-0.39, 0.29) is 71.5 Å². The molecule has 6 atom stereocenters. The fraction of sp³-hybridized carbons (Fsp3) is 0.143. The van der Waals surface area contributed by atoms with Crippen LogP contribution in [0.4, 0.5) is 26.3 Å². The Bertz CT molecular complexity index is 5980. The third-order valence-corrected chi connectivity index (χ3v) is 22.1. The van der Waals surface area contributed by atoms with Gasteiger partial charge in [0.2, 0.25) is 0 Å². The molecule has 18 rings (SSSR count). The zero-order chi connectivity index (χ0) is 87.8. The number of nitrogens with one attached hydrogen (secondary N) is 1. The topological polar surface area (TPSA) is 207 Å². The van der Waals surface area contributed by atoms with E-state index < -0.39 is 0 Å². The number of likely N-dealkylation sites (N-methyl/N-ethyl adjacent to an activating group) is 1. The van der Waals surface area contributed by atoms with Crippen molar-refractivity contribution in [3.8, 4) is 107 Å². The van der Waals surface area contributed by atoms with Crippen molar-refractivity contribution in [2.24, 2.45) is 28.7 Å². The van der Waals surface area contributed by atoms with Crippen LogP contribution >= 0.6 is 81.2 Å². The van der Waals surface area contributed by atoms with E-state index in [1.165, 1.54) is 72.8 Å². The second-order valence-electron chi connectivity index (χ2n) is 28.4. The Hall–Kier alpha value is -11.0. The lowest BCUT2D eigenvalue weighted by Crippen LogP contribution is -2.29. The summed E-state index contributed by atoms with van der Waals surface area (Å²) in [5.74, 6) is 2.35. The highest BCUT2D eigenvalue weighted by molar-refractivity contribution is 6.39. The van der Waals surface area contributed by atoms with Crippen LogP contribution in [-0.4, -0.2) is 90.0 Å². The first-order valence-electron chi connectivity index (χ1n) is 39.0. The summed E-state index contributed by atoms with van der Waals surface area (Å²) in [6, 6.07) is 56.9. The molecule has 124 heavy (non-hydrogen) atoms. The van der Waals surface area contributed by atoms with Gasteiger partial charge in [0.1, 0.15) is 112 Å². The normalized spacial score (nSPS) is 16.5. The first-order valence-corrected chi connectivity index (χ1v) is 41.6. The molecule has 6 heterocycles. The van der Waals surface area contributed by atoms with Crippen molar-refractivity contribution in [1.29, 1.82) is 0 Å². The van der Waals surface area contributed by atoms with Crippen LogP contribution in [0.25, 0.3) is 103 Å². The van der Waals surface area contributed by atoms with Gasteiger partial charge in [-0.1, -0.05) is 197 Å². The largest absolute Gasteiger partial charge is 0.496 e. The Morgan fingerprint density at radius 2 is 0.540 bits per heavy atom. The number of benzene rings is 12. The Morgan fingerprint density at radius 1 is 0.282 bits per heavy atom. The minimum atomic E-state index is -0.376. The monoisotopic (exact) mass is 1810 g/mol. The predicted octanol–water partition coefficient (Wildman–Crippen LogP) is 24.2. The van der Waals surface area contributed by atoms with Gasteiger partial charge in [0, 0.05) is 165 Å². The van der Waals surface area contributed by atoms with Gasteiger partial charge in [-0.05, 0) is 171 Å². The lowest BCUT2D eigenvalue weighted by atomic mass is 9.98. The molecule has 13 nitrogen and oxygen atoms in total. The first kappa shape index (κ1) is 90.8. The van der Waals surface area contributed by atoms with Gasteiger partial charge in [0.25, 0.3) is 0 Å². The minimum Gasteiger partial charge on any atom is -0.496 e. The van der Waals surface area contributed by atoms with E-state index in [0.717, 1.165) is 27.8 Å². The van der Waals surface area contributed by atoms with Crippen molar-refractivity contribution in [1.82, 2.24) is 5.32 Å². The summed E-state index contributed by atoms with van der Waals surface area (Å²) in [6.45, 7) is 2.48. The lowest BCUT2D eigenvalue weighted by molar-refractivity contribution is 0.245. The third kappa shape index (κ3) is 21.7. The summed E-state index contributed by atoms with van der Waals surface area (Å²) in [5.41, 5.74) is 40.3. The van der Waals surface area contributed by atoms with Crippen molar-refractivity contribution < 1.29 is 59.5 Å². The summed E-state index contributed by atoms with van der Waals surface area (Å²) >= 11 is 43.3. The molecule has 0 aromatic heterocycles. The van der Waals surface area contributed by atoms with E-state index in [1.54, 1.807) is 79.9 Å². The highest BCUT2D eigenvalue weighted by atomic mass is 35.5. The van der Waals surface area contributed by atoms with Crippen molar-refractivity contribution in [3.63, 3.8) is 0 Å². The summed E-state index contributed by atoms with van der Waals surface area (Å²) in [6.07, 6.45) is 20.9. The van der Waals surface area contributed by atoms with E-state index in [0.29, 0.717) is 187 Å². The van der Waals surface area contributed by atoms with Gasteiger partial charge >= 0.3 is 0 Å². The van der Waals surface area contributed by atoms with Crippen LogP contribution in [0.1, 0.15) is 33.4 Å². The molecule has 11 N–H and O–H groups in total. The number of halogens is 13. The van der Waals surface area contributed by atoms with Gasteiger partial charge in [-0.25, -0.2) is 26.3 Å². The molecule has 0 bridgehead atoms. The average Bonchev–Trinajstić information content (AvgIpc) is 0.842. The number of methoxy groups -OCH3 is 1. The zero-order valence-electron chi connectivity index (χ0n) is 66.4. The molecule has 0 saturated carbocycles. The quantitative estimate of drug-likeness (QED) is 0.0561. The molecule has 2 unspecified atom stereocenters. The number of hydrogen-bond donors (Lipinski definition) is 6. The Labute approximate surface area is 749 Å². The average molecular weight is 1820 g/mol. The van der Waals surface area contributed by atoms with E-state index in [2.05, 4.69) is 5.32 Å². The minimum absolute atomic E-state index is 0.0748. The molecular weight excluding hydrogens is 1740 g/mol. The fourth-order valence-electron chi connectivity index (χ4n) is 14.1. The highest BCUT2D eigenvalue weighted by Crippen LogP contribution is 2.49. The van der Waals surface area contributed by atoms with Gasteiger partial charge < -0.3 is 67.1 Å². The first-order chi connectivity index (χ1) is 60.0. The van der Waals surface area contributed by atoms with E-state index in [4.69, 9.17) is 143 Å². The molecule has 0 saturated heterocycles. The molecule has 0 amide bonds. The highest BCUT2D eigenvalue weighted by Gasteiger charge is 2.29. The van der Waals surface area contributed by atoms with Crippen LogP contribution in [0.5, 0.6) is 40.2 Å². The van der Waals surface area contributed by atoms with Crippen molar-refractivity contribution in [2.75, 3.05) is 53.4 Å². The van der Waals surface area contributed by atoms with Crippen LogP contribution in [0.2, 0.25) is 35.2 Å². The van der Waals surface area contributed by atoms with Gasteiger partial charge in [-0.3, -0.25) is 0 Å². The number of rotatable bonds is 14. The smallest absolute Gasteiger partial charge is 0.135 e. The molecule has 0 radical (unpaired) electrons. The van der Waals surface area contributed by atoms with Gasteiger partial charge in [-0.2, -0.15) is 0 Å². The Kier molecular flexibility index (Phi) is 30.9. The van der Waals surface area contributed by atoms with Crippen LogP contribution in [0, 0.1) is 34.9 Å². The standard InChI is InChI=1S/C17H15ClFNO.C17H16FNO2.2C16H12Cl2FNO.2C16H13ClFNO/c1-20-10-13-7-6-11-8-12(19)9-15(17(11)21-13)14-4-2-3-5-16(14)18;1-20-16-5-3-2-4-14(16)15-9-12(18)8-11-6-7-13(10-19)21-17(11)15;17-10-2-4-15(18)13(6-10)14-7-11(19)5-9-1-3-12(8-20)21-16(9)14;17-13-2-1-3-14(18)15(13)12-7-10(19)6-9-4-5-11(8-20)21-16(9)12;2*17-15-4-2-1-3-13(15)14-8-11(18)7-10-5-6-12(9-19)20-16(10)14/h2-9,13,20H,10H2,1H3;2-9,13H,10,19H2,1H3;1-7,12H,8,20H2;1-7,11H,8,20H2;2*1-8,12H,9,19H2/t;13-;12-;11-;12-;/m.1111./s1. The molecule has 6 aliphatic heterocycles. The van der Waals surface area contributed by atoms with Gasteiger partial charge in [-0.15, -0.1) is 0 Å². The van der Waals surface area contributed by atoms with Crippen LogP contribution in [0.3, 0.4) is 0 Å². The number of nitrogens with two attached hydrogens (primary N) is 5. The summed E-state index contributed by atoms with van der Waals surface area (Å²) in [4.78, 5) is 0. The molecule has 0 fully saturated rings. The maximum Gasteiger partial charge on any atom is 0.135 e. The zero-order valence-corrected chi connectivity index (χ0v) is 71.7. The van der Waals surface area contributed by atoms with Crippen molar-refractivity contribution in [2.45, 2.75) is 36.6 Å². The SMILES string of the molecule is CNCC1C=Cc2cc(F)cc(-c3ccccc3Cl)c2O1.COc1ccccc1-c1cc(F)cc2c1O[C@@H](CN)C=C2.NCC1C=Cc2cc(F)cc(-c3ccccc3Cl)c2O1.NC[C@H]1C=Cc2cc(F)cc(-c3c(Cl)cccc3Cl)c2O1.NC[C@H]1C=Cc2cc(F)cc(-c3cc(Cl)ccc3Cl)c2O1.NC[C@H]1C=Cc2cc(F)cc(-c3ccccc3Cl)c2O1. The molecule has 0 spiro atoms. The molecule has 12 aromatic carbocycles. The maximum absolute atomic E-state index is 13.9. The molecule has 12 aromatic rings. The summed E-state index contributed by atoms with van der Waals surface area (Å²) in [5, 5.41) is 6.66. The molecular formula is C98H81Cl7F6N6O7. The summed E-state index contributed by atoms with van der Waals surface area (Å²) in [7, 11) is 3.46. The maximum atomic E-state index is 13.9.